The van der Waals surface area contributed by atoms with Gasteiger partial charge in [-0.1, -0.05) is 52.4 Å². The molecule has 0 aliphatic heterocycles. The van der Waals surface area contributed by atoms with Crippen LogP contribution in [-0.4, -0.2) is 11.3 Å². The minimum Gasteiger partial charge on any atom is -0.328 e. The summed E-state index contributed by atoms with van der Waals surface area (Å²) in [7, 11) is 1.24. The maximum atomic E-state index is 2.54. The van der Waals surface area contributed by atoms with E-state index in [0.29, 0.717) is 5.41 Å². The number of rotatable bonds is 3. The summed E-state index contributed by atoms with van der Waals surface area (Å²) in [5.74, 6) is 1.01. The second kappa shape index (κ2) is 7.72. The Balaban J connectivity index is 0.00000162. The largest absolute Gasteiger partial charge is 1.00 e. The predicted molar refractivity (Wildman–Crippen MR) is 80.1 cm³/mol. The molecule has 0 nitrogen and oxygen atoms in total. The predicted octanol–water partition coefficient (Wildman–Crippen LogP) is 2.42. The van der Waals surface area contributed by atoms with Crippen LogP contribution in [0, 0.1) is 17.8 Å². The van der Waals surface area contributed by atoms with E-state index >= 15 is 0 Å². The SMILES string of the molecule is CC(C)(C)C(PC1CCCCC1)C1C[CH-]CC1.[Li+]. The molecule has 2 aliphatic rings. The summed E-state index contributed by atoms with van der Waals surface area (Å²) in [6.45, 7) is 7.43. The minimum atomic E-state index is 0. The van der Waals surface area contributed by atoms with Gasteiger partial charge in [0.1, 0.15) is 0 Å². The summed E-state index contributed by atoms with van der Waals surface area (Å²) in [5.41, 5.74) is 2.59. The van der Waals surface area contributed by atoms with Gasteiger partial charge in [0.2, 0.25) is 0 Å². The molecular formula is C16H30LiP. The van der Waals surface area contributed by atoms with Crippen molar-refractivity contribution in [1.29, 1.82) is 0 Å². The van der Waals surface area contributed by atoms with Crippen molar-refractivity contribution in [2.75, 3.05) is 0 Å². The molecule has 0 heterocycles. The van der Waals surface area contributed by atoms with Gasteiger partial charge in [-0.15, -0.1) is 8.58 Å². The van der Waals surface area contributed by atoms with Gasteiger partial charge in [-0.05, 0) is 29.6 Å². The van der Waals surface area contributed by atoms with Crippen molar-refractivity contribution in [1.82, 2.24) is 0 Å². The molecule has 0 aromatic carbocycles. The van der Waals surface area contributed by atoms with Crippen molar-refractivity contribution >= 4 is 8.58 Å². The molecule has 100 valence electrons. The van der Waals surface area contributed by atoms with Gasteiger partial charge >= 0.3 is 18.9 Å². The van der Waals surface area contributed by atoms with Crippen molar-refractivity contribution in [2.24, 2.45) is 11.3 Å². The van der Waals surface area contributed by atoms with Crippen LogP contribution in [0.4, 0.5) is 0 Å². The summed E-state index contributed by atoms with van der Waals surface area (Å²) in [6, 6.07) is 0. The summed E-state index contributed by atoms with van der Waals surface area (Å²) in [4.78, 5) is 0. The third-order valence-electron chi connectivity index (χ3n) is 4.64. The standard InChI is InChI=1S/C16H30P.Li/c1-16(2,3)15(13-9-7-8-10-13)17-14-11-5-4-6-12-14;/h7,13-15,17H,4-6,8-12H2,1-3H3;/q-1;+1. The van der Waals surface area contributed by atoms with E-state index in [4.69, 9.17) is 0 Å². The van der Waals surface area contributed by atoms with Crippen molar-refractivity contribution in [3.8, 4) is 0 Å². The molecule has 2 aliphatic carbocycles. The fraction of sp³-hybridized carbons (Fsp3) is 0.938. The van der Waals surface area contributed by atoms with E-state index in [1.807, 2.05) is 0 Å². The second-order valence-electron chi connectivity index (χ2n) is 7.21. The Morgan fingerprint density at radius 1 is 1.06 bits per heavy atom. The molecule has 0 aromatic heterocycles. The maximum Gasteiger partial charge on any atom is 1.00 e. The topological polar surface area (TPSA) is 0 Å². The first kappa shape index (κ1) is 17.1. The van der Waals surface area contributed by atoms with Gasteiger partial charge in [0, 0.05) is 0 Å². The molecule has 0 N–H and O–H groups in total. The Morgan fingerprint density at radius 3 is 2.22 bits per heavy atom. The molecule has 3 atom stereocenters. The van der Waals surface area contributed by atoms with Gasteiger partial charge in [-0.2, -0.15) is 12.8 Å². The number of hydrogen-bond donors (Lipinski definition) is 0. The molecule has 18 heavy (non-hydrogen) atoms. The molecular weight excluding hydrogens is 230 g/mol. The fourth-order valence-electron chi connectivity index (χ4n) is 3.70. The minimum absolute atomic E-state index is 0. The summed E-state index contributed by atoms with van der Waals surface area (Å²) < 4.78 is 0. The Labute approximate surface area is 128 Å². The third-order valence-corrected chi connectivity index (χ3v) is 7.38. The van der Waals surface area contributed by atoms with Crippen LogP contribution in [0.1, 0.15) is 72.1 Å². The van der Waals surface area contributed by atoms with Crippen molar-refractivity contribution < 1.29 is 18.9 Å². The van der Waals surface area contributed by atoms with Crippen LogP contribution in [0.15, 0.2) is 0 Å². The van der Waals surface area contributed by atoms with E-state index in [0.717, 1.165) is 17.2 Å². The molecule has 0 amide bonds. The first-order valence-corrected chi connectivity index (χ1v) is 8.80. The van der Waals surface area contributed by atoms with Crippen molar-refractivity contribution in [2.45, 2.75) is 83.5 Å². The van der Waals surface area contributed by atoms with Gasteiger partial charge in [-0.3, -0.25) is 0 Å². The summed E-state index contributed by atoms with van der Waals surface area (Å²) >= 11 is 0. The molecule has 2 fully saturated rings. The molecule has 3 unspecified atom stereocenters. The third kappa shape index (κ3) is 4.85. The van der Waals surface area contributed by atoms with Gasteiger partial charge in [0.15, 0.2) is 0 Å². The Bertz CT molecular complexity index is 222. The zero-order valence-corrected chi connectivity index (χ0v) is 14.0. The first-order valence-electron chi connectivity index (χ1n) is 7.65. The molecule has 0 saturated heterocycles. The van der Waals surface area contributed by atoms with Gasteiger partial charge in [0.25, 0.3) is 0 Å². The van der Waals surface area contributed by atoms with E-state index < -0.39 is 0 Å². The fourth-order valence-corrected chi connectivity index (χ4v) is 6.03. The normalized spacial score (nSPS) is 28.5. The van der Waals surface area contributed by atoms with Crippen LogP contribution in [0.5, 0.6) is 0 Å². The van der Waals surface area contributed by atoms with E-state index in [2.05, 4.69) is 27.2 Å². The van der Waals surface area contributed by atoms with E-state index in [1.54, 1.807) is 0 Å². The molecule has 0 aromatic rings. The van der Waals surface area contributed by atoms with Crippen LogP contribution >= 0.6 is 8.58 Å². The average Bonchev–Trinajstić information content (AvgIpc) is 2.79. The smallest absolute Gasteiger partial charge is 0.328 e. The maximum absolute atomic E-state index is 2.54. The summed E-state index contributed by atoms with van der Waals surface area (Å²) in [6.07, 6.45) is 14.4. The molecule has 0 spiro atoms. The molecule has 0 radical (unpaired) electrons. The van der Waals surface area contributed by atoms with Crippen LogP contribution in [0.25, 0.3) is 0 Å². The number of hydrogen-bond acceptors (Lipinski definition) is 0. The Morgan fingerprint density at radius 2 is 1.72 bits per heavy atom. The van der Waals surface area contributed by atoms with E-state index in [9.17, 15) is 0 Å². The monoisotopic (exact) mass is 260 g/mol. The van der Waals surface area contributed by atoms with Gasteiger partial charge in [0.05, 0.1) is 0 Å². The molecule has 0 bridgehead atoms. The molecule has 2 rings (SSSR count). The van der Waals surface area contributed by atoms with E-state index in [1.165, 1.54) is 59.9 Å². The van der Waals surface area contributed by atoms with Crippen LogP contribution in [-0.2, 0) is 0 Å². The Kier molecular flexibility index (Phi) is 7.32. The van der Waals surface area contributed by atoms with Crippen molar-refractivity contribution in [3.05, 3.63) is 6.42 Å². The quantitative estimate of drug-likeness (QED) is 0.415. The second-order valence-corrected chi connectivity index (χ2v) is 8.98. The van der Waals surface area contributed by atoms with E-state index in [-0.39, 0.29) is 18.9 Å². The van der Waals surface area contributed by atoms with Gasteiger partial charge in [-0.25, -0.2) is 0 Å². The van der Waals surface area contributed by atoms with Crippen LogP contribution in [0.3, 0.4) is 0 Å². The molecule has 2 saturated carbocycles. The van der Waals surface area contributed by atoms with Gasteiger partial charge < -0.3 is 6.42 Å². The van der Waals surface area contributed by atoms with Crippen molar-refractivity contribution in [3.63, 3.8) is 0 Å². The summed E-state index contributed by atoms with van der Waals surface area (Å²) in [5, 5.41) is 0. The van der Waals surface area contributed by atoms with Crippen LogP contribution in [0.2, 0.25) is 0 Å². The van der Waals surface area contributed by atoms with Crippen LogP contribution < -0.4 is 18.9 Å². The Hall–Kier alpha value is 1.03. The zero-order valence-electron chi connectivity index (χ0n) is 13.0. The average molecular weight is 260 g/mol. The zero-order chi connectivity index (χ0) is 12.3. The molecule has 2 heteroatoms. The first-order chi connectivity index (χ1) is 8.07.